The fourth-order valence-electron chi connectivity index (χ4n) is 1.93. The van der Waals surface area contributed by atoms with Crippen molar-refractivity contribution in [3.8, 4) is 0 Å². The Morgan fingerprint density at radius 3 is 3.18 bits per heavy atom. The van der Waals surface area contributed by atoms with Crippen LogP contribution in [0.4, 0.5) is 10.2 Å². The zero-order valence-corrected chi connectivity index (χ0v) is 10.1. The fraction of sp³-hybridized carbons (Fsp3) is 0.636. The first-order valence-corrected chi connectivity index (χ1v) is 5.70. The van der Waals surface area contributed by atoms with Crippen molar-refractivity contribution < 1.29 is 9.13 Å². The van der Waals surface area contributed by atoms with Crippen LogP contribution in [0.5, 0.6) is 0 Å². The summed E-state index contributed by atoms with van der Waals surface area (Å²) in [5.74, 6) is 0.0412. The zero-order chi connectivity index (χ0) is 12.3. The quantitative estimate of drug-likeness (QED) is 0.826. The van der Waals surface area contributed by atoms with Crippen molar-refractivity contribution >= 4 is 5.82 Å². The van der Waals surface area contributed by atoms with Gasteiger partial charge in [0.1, 0.15) is 6.33 Å². The van der Waals surface area contributed by atoms with Gasteiger partial charge >= 0.3 is 0 Å². The number of anilines is 1. The number of likely N-dealkylation sites (N-methyl/N-ethyl adjacent to an activating group) is 1. The van der Waals surface area contributed by atoms with Gasteiger partial charge in [0, 0.05) is 19.6 Å². The van der Waals surface area contributed by atoms with Crippen LogP contribution in [-0.2, 0) is 4.74 Å². The van der Waals surface area contributed by atoms with E-state index in [0.29, 0.717) is 31.2 Å². The smallest absolute Gasteiger partial charge is 0.186 e. The van der Waals surface area contributed by atoms with E-state index in [1.54, 1.807) is 6.92 Å². The van der Waals surface area contributed by atoms with Gasteiger partial charge in [0.05, 0.1) is 18.4 Å². The summed E-state index contributed by atoms with van der Waals surface area (Å²) in [7, 11) is 1.87. The molecule has 1 aromatic rings. The van der Waals surface area contributed by atoms with E-state index >= 15 is 0 Å². The van der Waals surface area contributed by atoms with Crippen LogP contribution in [0.25, 0.3) is 0 Å². The predicted molar refractivity (Wildman–Crippen MR) is 62.6 cm³/mol. The third-order valence-electron chi connectivity index (χ3n) is 2.82. The SMILES string of the molecule is CNCC1CN(c2ncnc(C)c2F)CCO1. The van der Waals surface area contributed by atoms with E-state index in [0.717, 1.165) is 6.54 Å². The van der Waals surface area contributed by atoms with Gasteiger partial charge in [-0.05, 0) is 14.0 Å². The largest absolute Gasteiger partial charge is 0.373 e. The molecule has 1 aliphatic heterocycles. The van der Waals surface area contributed by atoms with Gasteiger partial charge in [-0.1, -0.05) is 0 Å². The summed E-state index contributed by atoms with van der Waals surface area (Å²) in [5, 5.41) is 3.06. The Labute approximate surface area is 100 Å². The molecule has 1 unspecified atom stereocenters. The lowest BCUT2D eigenvalue weighted by atomic mass is 10.2. The van der Waals surface area contributed by atoms with Crippen molar-refractivity contribution in [1.29, 1.82) is 0 Å². The van der Waals surface area contributed by atoms with Crippen molar-refractivity contribution in [2.45, 2.75) is 13.0 Å². The first-order chi connectivity index (χ1) is 8.22. The van der Waals surface area contributed by atoms with Crippen molar-refractivity contribution in [2.75, 3.05) is 38.2 Å². The van der Waals surface area contributed by atoms with Crippen molar-refractivity contribution in [2.24, 2.45) is 0 Å². The maximum Gasteiger partial charge on any atom is 0.186 e. The van der Waals surface area contributed by atoms with Crippen LogP contribution in [0.3, 0.4) is 0 Å². The minimum atomic E-state index is -0.336. The Bertz CT molecular complexity index is 386. The number of hydrogen-bond donors (Lipinski definition) is 1. The molecule has 0 saturated carbocycles. The Kier molecular flexibility index (Phi) is 3.86. The second-order valence-corrected chi connectivity index (χ2v) is 4.09. The van der Waals surface area contributed by atoms with Gasteiger partial charge < -0.3 is 15.0 Å². The highest BCUT2D eigenvalue weighted by atomic mass is 19.1. The average Bonchev–Trinajstić information content (AvgIpc) is 2.33. The van der Waals surface area contributed by atoms with E-state index in [-0.39, 0.29) is 11.9 Å². The Morgan fingerprint density at radius 1 is 1.59 bits per heavy atom. The molecular formula is C11H17FN4O. The maximum absolute atomic E-state index is 13.9. The highest BCUT2D eigenvalue weighted by molar-refractivity contribution is 5.41. The van der Waals surface area contributed by atoms with Gasteiger partial charge in [0.2, 0.25) is 0 Å². The Hall–Kier alpha value is -1.27. The minimum absolute atomic E-state index is 0.0726. The van der Waals surface area contributed by atoms with Crippen molar-refractivity contribution in [1.82, 2.24) is 15.3 Å². The summed E-state index contributed by atoms with van der Waals surface area (Å²) in [6.07, 6.45) is 1.47. The van der Waals surface area contributed by atoms with Gasteiger partial charge in [-0.3, -0.25) is 0 Å². The molecule has 2 heterocycles. The van der Waals surface area contributed by atoms with Crippen LogP contribution in [0, 0.1) is 12.7 Å². The van der Waals surface area contributed by atoms with Gasteiger partial charge in [0.15, 0.2) is 11.6 Å². The summed E-state index contributed by atoms with van der Waals surface area (Å²) in [5.41, 5.74) is 0.381. The van der Waals surface area contributed by atoms with Crippen molar-refractivity contribution in [3.05, 3.63) is 17.8 Å². The maximum atomic E-state index is 13.9. The number of aromatic nitrogens is 2. The number of aryl methyl sites for hydroxylation is 1. The molecule has 5 nitrogen and oxygen atoms in total. The first-order valence-electron chi connectivity index (χ1n) is 5.70. The van der Waals surface area contributed by atoms with E-state index in [1.807, 2.05) is 11.9 Å². The number of halogens is 1. The van der Waals surface area contributed by atoms with Crippen LogP contribution in [0.15, 0.2) is 6.33 Å². The molecule has 94 valence electrons. The van der Waals surface area contributed by atoms with Crippen LogP contribution in [-0.4, -0.2) is 49.4 Å². The van der Waals surface area contributed by atoms with E-state index in [9.17, 15) is 4.39 Å². The Morgan fingerprint density at radius 2 is 2.41 bits per heavy atom. The number of nitrogens with zero attached hydrogens (tertiary/aromatic N) is 3. The highest BCUT2D eigenvalue weighted by Crippen LogP contribution is 2.19. The number of rotatable bonds is 3. The lowest BCUT2D eigenvalue weighted by molar-refractivity contribution is 0.0416. The molecule has 0 aliphatic carbocycles. The number of nitrogens with one attached hydrogen (secondary N) is 1. The number of hydrogen-bond acceptors (Lipinski definition) is 5. The van der Waals surface area contributed by atoms with E-state index in [1.165, 1.54) is 6.33 Å². The normalized spacial score (nSPS) is 20.6. The zero-order valence-electron chi connectivity index (χ0n) is 10.1. The summed E-state index contributed by atoms with van der Waals surface area (Å²) >= 11 is 0. The summed E-state index contributed by atoms with van der Waals surface area (Å²) in [4.78, 5) is 9.77. The summed E-state index contributed by atoms with van der Waals surface area (Å²) in [6.45, 7) is 4.30. The molecule has 0 amide bonds. The minimum Gasteiger partial charge on any atom is -0.373 e. The van der Waals surface area contributed by atoms with Crippen LogP contribution in [0.1, 0.15) is 5.69 Å². The second-order valence-electron chi connectivity index (χ2n) is 4.09. The molecule has 0 aromatic carbocycles. The molecule has 2 rings (SSSR count). The first kappa shape index (κ1) is 12.2. The number of ether oxygens (including phenoxy) is 1. The molecule has 1 N–H and O–H groups in total. The molecule has 1 aromatic heterocycles. The molecule has 1 atom stereocenters. The average molecular weight is 240 g/mol. The molecular weight excluding hydrogens is 223 g/mol. The topological polar surface area (TPSA) is 50.3 Å². The van der Waals surface area contributed by atoms with E-state index < -0.39 is 0 Å². The Balaban J connectivity index is 2.13. The predicted octanol–water partition coefficient (Wildman–Crippen LogP) is 0.349. The lowest BCUT2D eigenvalue weighted by Gasteiger charge is -2.33. The molecule has 6 heteroatoms. The van der Waals surface area contributed by atoms with Crippen molar-refractivity contribution in [3.63, 3.8) is 0 Å². The van der Waals surface area contributed by atoms with Gasteiger partial charge in [-0.25, -0.2) is 14.4 Å². The second kappa shape index (κ2) is 5.37. The standard InChI is InChI=1S/C11H17FN4O/c1-8-10(12)11(15-7-14-8)16-3-4-17-9(6-16)5-13-2/h7,9,13H,3-6H2,1-2H3. The van der Waals surface area contributed by atoms with Crippen LogP contribution < -0.4 is 10.2 Å². The molecule has 0 bridgehead atoms. The molecule has 0 spiro atoms. The highest BCUT2D eigenvalue weighted by Gasteiger charge is 2.23. The third kappa shape index (κ3) is 2.70. The number of morpholine rings is 1. The van der Waals surface area contributed by atoms with Gasteiger partial charge in [-0.2, -0.15) is 0 Å². The summed E-state index contributed by atoms with van der Waals surface area (Å²) in [6, 6.07) is 0. The van der Waals surface area contributed by atoms with Crippen LogP contribution in [0.2, 0.25) is 0 Å². The van der Waals surface area contributed by atoms with Gasteiger partial charge in [-0.15, -0.1) is 0 Å². The van der Waals surface area contributed by atoms with E-state index in [2.05, 4.69) is 15.3 Å². The monoisotopic (exact) mass is 240 g/mol. The summed E-state index contributed by atoms with van der Waals surface area (Å²) < 4.78 is 19.4. The fourth-order valence-corrected chi connectivity index (χ4v) is 1.93. The molecule has 1 fully saturated rings. The molecule has 1 aliphatic rings. The lowest BCUT2D eigenvalue weighted by Crippen LogP contribution is -2.47. The van der Waals surface area contributed by atoms with Gasteiger partial charge in [0.25, 0.3) is 0 Å². The van der Waals surface area contributed by atoms with Crippen LogP contribution >= 0.6 is 0 Å². The van der Waals surface area contributed by atoms with E-state index in [4.69, 9.17) is 4.74 Å². The molecule has 1 saturated heterocycles. The molecule has 17 heavy (non-hydrogen) atoms. The third-order valence-corrected chi connectivity index (χ3v) is 2.82. The molecule has 0 radical (unpaired) electrons.